The number of nitrogens with zero attached hydrogens (tertiary/aromatic N) is 1. The first-order valence-corrected chi connectivity index (χ1v) is 6.50. The Balaban J connectivity index is 2.51. The van der Waals surface area contributed by atoms with Gasteiger partial charge in [0.2, 0.25) is 0 Å². The van der Waals surface area contributed by atoms with E-state index in [1.165, 1.54) is 16.7 Å². The number of rotatable bonds is 3. The molecule has 1 aromatic carbocycles. The maximum absolute atomic E-state index is 5.74. The number of nitrogens with two attached hydrogens (primary N) is 1. The Morgan fingerprint density at radius 1 is 1.06 bits per heavy atom. The van der Waals surface area contributed by atoms with Crippen molar-refractivity contribution in [3.63, 3.8) is 0 Å². The number of hydrogen-bond acceptors (Lipinski definition) is 2. The first-order valence-electron chi connectivity index (χ1n) is 6.50. The molecule has 0 bridgehead atoms. The van der Waals surface area contributed by atoms with Crippen molar-refractivity contribution in [3.8, 4) is 11.3 Å². The SMILES string of the molecule is CCc1ccc(-c2ncc(N)cc2C)cc1CC. The number of hydrogen-bond donors (Lipinski definition) is 1. The predicted molar refractivity (Wildman–Crippen MR) is 77.6 cm³/mol. The van der Waals surface area contributed by atoms with Gasteiger partial charge in [0, 0.05) is 5.56 Å². The molecule has 1 heterocycles. The summed E-state index contributed by atoms with van der Waals surface area (Å²) in [6.45, 7) is 6.44. The van der Waals surface area contributed by atoms with Crippen LogP contribution in [0.4, 0.5) is 5.69 Å². The zero-order valence-electron chi connectivity index (χ0n) is 11.3. The fraction of sp³-hybridized carbons (Fsp3) is 0.312. The maximum Gasteiger partial charge on any atom is 0.0732 e. The average molecular weight is 240 g/mol. The minimum absolute atomic E-state index is 0.720. The largest absolute Gasteiger partial charge is 0.397 e. The minimum atomic E-state index is 0.720. The molecule has 94 valence electrons. The Kier molecular flexibility index (Phi) is 3.66. The fourth-order valence-electron chi connectivity index (χ4n) is 2.35. The van der Waals surface area contributed by atoms with Gasteiger partial charge in [-0.15, -0.1) is 0 Å². The van der Waals surface area contributed by atoms with Crippen molar-refractivity contribution in [1.29, 1.82) is 0 Å². The van der Waals surface area contributed by atoms with Crippen LogP contribution in [0.1, 0.15) is 30.5 Å². The van der Waals surface area contributed by atoms with Gasteiger partial charge in [-0.2, -0.15) is 0 Å². The van der Waals surface area contributed by atoms with Gasteiger partial charge in [0.1, 0.15) is 0 Å². The Morgan fingerprint density at radius 3 is 2.39 bits per heavy atom. The number of aryl methyl sites for hydroxylation is 3. The van der Waals surface area contributed by atoms with E-state index in [0.717, 1.165) is 29.8 Å². The monoisotopic (exact) mass is 240 g/mol. The molecule has 0 radical (unpaired) electrons. The number of aromatic nitrogens is 1. The lowest BCUT2D eigenvalue weighted by Gasteiger charge is -2.10. The standard InChI is InChI=1S/C16H20N2/c1-4-12-6-7-14(9-13(12)5-2)16-11(3)8-15(17)10-18-16/h6-10H,4-5,17H2,1-3H3. The molecule has 0 saturated carbocycles. The Labute approximate surface area is 109 Å². The Morgan fingerprint density at radius 2 is 1.78 bits per heavy atom. The van der Waals surface area contributed by atoms with Crippen molar-refractivity contribution in [2.45, 2.75) is 33.6 Å². The van der Waals surface area contributed by atoms with Gasteiger partial charge in [0.15, 0.2) is 0 Å². The summed E-state index contributed by atoms with van der Waals surface area (Å²) in [7, 11) is 0. The van der Waals surface area contributed by atoms with Gasteiger partial charge in [-0.1, -0.05) is 26.0 Å². The zero-order valence-corrected chi connectivity index (χ0v) is 11.3. The van der Waals surface area contributed by atoms with Gasteiger partial charge in [0.05, 0.1) is 17.6 Å². The number of anilines is 1. The summed E-state index contributed by atoms with van der Waals surface area (Å²) >= 11 is 0. The fourth-order valence-corrected chi connectivity index (χ4v) is 2.35. The second-order valence-electron chi connectivity index (χ2n) is 4.62. The van der Waals surface area contributed by atoms with Gasteiger partial charge < -0.3 is 5.73 Å². The van der Waals surface area contributed by atoms with E-state index in [0.29, 0.717) is 0 Å². The second kappa shape index (κ2) is 5.21. The molecule has 2 heteroatoms. The minimum Gasteiger partial charge on any atom is -0.397 e. The molecule has 0 amide bonds. The molecule has 0 atom stereocenters. The third kappa shape index (κ3) is 2.37. The van der Waals surface area contributed by atoms with E-state index in [4.69, 9.17) is 5.73 Å². The summed E-state index contributed by atoms with van der Waals surface area (Å²) in [4.78, 5) is 4.45. The van der Waals surface area contributed by atoms with Crippen molar-refractivity contribution >= 4 is 5.69 Å². The molecule has 0 spiro atoms. The lowest BCUT2D eigenvalue weighted by Crippen LogP contribution is -1.95. The van der Waals surface area contributed by atoms with E-state index in [9.17, 15) is 0 Å². The summed E-state index contributed by atoms with van der Waals surface area (Å²) in [6, 6.07) is 8.60. The average Bonchev–Trinajstić information content (AvgIpc) is 2.38. The van der Waals surface area contributed by atoms with Crippen LogP contribution in [-0.2, 0) is 12.8 Å². The third-order valence-electron chi connectivity index (χ3n) is 3.34. The topological polar surface area (TPSA) is 38.9 Å². The molecule has 18 heavy (non-hydrogen) atoms. The van der Waals surface area contributed by atoms with Crippen LogP contribution in [-0.4, -0.2) is 4.98 Å². The van der Waals surface area contributed by atoms with Crippen LogP contribution in [0.5, 0.6) is 0 Å². The predicted octanol–water partition coefficient (Wildman–Crippen LogP) is 3.76. The van der Waals surface area contributed by atoms with Gasteiger partial charge in [-0.3, -0.25) is 4.98 Å². The van der Waals surface area contributed by atoms with E-state index in [1.807, 2.05) is 6.07 Å². The molecule has 0 saturated heterocycles. The molecule has 0 aliphatic heterocycles. The molecule has 0 fully saturated rings. The van der Waals surface area contributed by atoms with Crippen molar-refractivity contribution in [3.05, 3.63) is 47.2 Å². The molecule has 0 aliphatic carbocycles. The Hall–Kier alpha value is -1.83. The maximum atomic E-state index is 5.74. The lowest BCUT2D eigenvalue weighted by molar-refractivity contribution is 1.04. The van der Waals surface area contributed by atoms with Crippen LogP contribution in [0.25, 0.3) is 11.3 Å². The van der Waals surface area contributed by atoms with E-state index in [2.05, 4.69) is 44.0 Å². The second-order valence-corrected chi connectivity index (χ2v) is 4.62. The first kappa shape index (κ1) is 12.6. The number of pyridine rings is 1. The summed E-state index contributed by atoms with van der Waals surface area (Å²) < 4.78 is 0. The smallest absolute Gasteiger partial charge is 0.0732 e. The quantitative estimate of drug-likeness (QED) is 0.887. The van der Waals surface area contributed by atoms with Crippen molar-refractivity contribution in [2.75, 3.05) is 5.73 Å². The van der Waals surface area contributed by atoms with Crippen molar-refractivity contribution in [1.82, 2.24) is 4.98 Å². The normalized spacial score (nSPS) is 10.6. The molecular weight excluding hydrogens is 220 g/mol. The van der Waals surface area contributed by atoms with E-state index < -0.39 is 0 Å². The highest BCUT2D eigenvalue weighted by Crippen LogP contribution is 2.25. The van der Waals surface area contributed by atoms with Gasteiger partial charge in [-0.05, 0) is 48.6 Å². The summed E-state index contributed by atoms with van der Waals surface area (Å²) in [5.41, 5.74) is 12.6. The van der Waals surface area contributed by atoms with Crippen molar-refractivity contribution in [2.24, 2.45) is 0 Å². The van der Waals surface area contributed by atoms with Gasteiger partial charge >= 0.3 is 0 Å². The molecule has 2 aromatic rings. The van der Waals surface area contributed by atoms with E-state index in [1.54, 1.807) is 6.20 Å². The van der Waals surface area contributed by atoms with Crippen LogP contribution in [0.2, 0.25) is 0 Å². The van der Waals surface area contributed by atoms with Crippen molar-refractivity contribution < 1.29 is 0 Å². The zero-order chi connectivity index (χ0) is 13.1. The highest BCUT2D eigenvalue weighted by Gasteiger charge is 2.07. The molecule has 2 rings (SSSR count). The summed E-state index contributed by atoms with van der Waals surface area (Å²) in [6.07, 6.45) is 3.87. The van der Waals surface area contributed by atoms with Crippen LogP contribution >= 0.6 is 0 Å². The van der Waals surface area contributed by atoms with Crippen LogP contribution in [0, 0.1) is 6.92 Å². The molecule has 1 aromatic heterocycles. The number of benzene rings is 1. The molecule has 0 aliphatic rings. The molecular formula is C16H20N2. The summed E-state index contributed by atoms with van der Waals surface area (Å²) in [5, 5.41) is 0. The molecule has 0 unspecified atom stereocenters. The molecule has 2 N–H and O–H groups in total. The van der Waals surface area contributed by atoms with Gasteiger partial charge in [-0.25, -0.2) is 0 Å². The molecule has 2 nitrogen and oxygen atoms in total. The van der Waals surface area contributed by atoms with Crippen LogP contribution in [0.3, 0.4) is 0 Å². The highest BCUT2D eigenvalue weighted by atomic mass is 14.7. The number of nitrogen functional groups attached to an aromatic ring is 1. The first-order chi connectivity index (χ1) is 8.65. The lowest BCUT2D eigenvalue weighted by atomic mass is 9.97. The third-order valence-corrected chi connectivity index (χ3v) is 3.34. The Bertz CT molecular complexity index is 559. The van der Waals surface area contributed by atoms with E-state index in [-0.39, 0.29) is 0 Å². The van der Waals surface area contributed by atoms with Crippen LogP contribution < -0.4 is 5.73 Å². The van der Waals surface area contributed by atoms with Crippen LogP contribution in [0.15, 0.2) is 30.5 Å². The van der Waals surface area contributed by atoms with E-state index >= 15 is 0 Å². The van der Waals surface area contributed by atoms with Gasteiger partial charge in [0.25, 0.3) is 0 Å². The summed E-state index contributed by atoms with van der Waals surface area (Å²) in [5.74, 6) is 0. The highest BCUT2D eigenvalue weighted by molar-refractivity contribution is 5.66.